The van der Waals surface area contributed by atoms with Crippen LogP contribution in [0.15, 0.2) is 47.7 Å². The van der Waals surface area contributed by atoms with Gasteiger partial charge in [-0.25, -0.2) is 0 Å². The second kappa shape index (κ2) is 6.52. The minimum Gasteiger partial charge on any atom is -0.342 e. The topological polar surface area (TPSA) is 57.8 Å². The molecule has 0 saturated carbocycles. The van der Waals surface area contributed by atoms with Gasteiger partial charge in [-0.2, -0.15) is 5.10 Å². The Bertz CT molecular complexity index is 932. The smallest absolute Gasteiger partial charge is 0.162 e. The van der Waals surface area contributed by atoms with Gasteiger partial charge in [-0.15, -0.1) is 0 Å². The van der Waals surface area contributed by atoms with Crippen LogP contribution in [0.1, 0.15) is 69.2 Å². The number of hydrogen-bond acceptors (Lipinski definition) is 3. The van der Waals surface area contributed by atoms with Crippen LogP contribution in [0.4, 0.5) is 5.82 Å². The minimum absolute atomic E-state index is 0.0225. The zero-order valence-electron chi connectivity index (χ0n) is 16.5. The van der Waals surface area contributed by atoms with Gasteiger partial charge < -0.3 is 5.32 Å². The molecule has 1 aliphatic carbocycles. The first-order valence-corrected chi connectivity index (χ1v) is 9.70. The number of allylic oxidation sites excluding steroid dienone is 3. The summed E-state index contributed by atoms with van der Waals surface area (Å²) in [4.78, 5) is 13.1. The Morgan fingerprint density at radius 3 is 2.63 bits per heavy atom. The van der Waals surface area contributed by atoms with Gasteiger partial charge in [0, 0.05) is 34.9 Å². The molecule has 27 heavy (non-hydrogen) atoms. The van der Waals surface area contributed by atoms with Gasteiger partial charge in [0.25, 0.3) is 0 Å². The maximum atomic E-state index is 13.1. The first-order valence-electron chi connectivity index (χ1n) is 9.70. The molecule has 2 N–H and O–H groups in total. The minimum atomic E-state index is -0.0591. The van der Waals surface area contributed by atoms with Gasteiger partial charge in [-0.05, 0) is 23.3 Å². The number of H-pyrrole nitrogens is 1. The standard InChI is InChI=1S/C23H27N3O/c1-14(2)21-20-16(11-10-15-8-6-5-7-9-15)19-17(24-22(20)26-25-21)12-23(3,4)13-18(19)27/h5-11,14,16H,12-13H2,1-4H3,(H2,24,25,26)/b11-10+. The lowest BCUT2D eigenvalue weighted by Crippen LogP contribution is -2.33. The van der Waals surface area contributed by atoms with Gasteiger partial charge in [-0.1, -0.05) is 70.2 Å². The van der Waals surface area contributed by atoms with Crippen molar-refractivity contribution in [2.75, 3.05) is 5.32 Å². The van der Waals surface area contributed by atoms with Crippen LogP contribution in [0.5, 0.6) is 0 Å². The van der Waals surface area contributed by atoms with Crippen molar-refractivity contribution in [3.8, 4) is 0 Å². The molecular weight excluding hydrogens is 334 g/mol. The van der Waals surface area contributed by atoms with Crippen molar-refractivity contribution in [2.45, 2.75) is 52.4 Å². The Balaban J connectivity index is 1.83. The zero-order chi connectivity index (χ0) is 19.2. The molecule has 0 spiro atoms. The van der Waals surface area contributed by atoms with Crippen LogP contribution in [0, 0.1) is 5.41 Å². The normalized spacial score (nSPS) is 21.4. The van der Waals surface area contributed by atoms with E-state index in [0.29, 0.717) is 12.3 Å². The van der Waals surface area contributed by atoms with Crippen molar-refractivity contribution in [1.29, 1.82) is 0 Å². The molecule has 1 unspecified atom stereocenters. The van der Waals surface area contributed by atoms with E-state index in [-0.39, 0.29) is 17.1 Å². The van der Waals surface area contributed by atoms with Gasteiger partial charge in [0.15, 0.2) is 11.6 Å². The summed E-state index contributed by atoms with van der Waals surface area (Å²) in [5.74, 6) is 1.37. The Labute approximate surface area is 160 Å². The number of nitrogens with zero attached hydrogens (tertiary/aromatic N) is 1. The molecule has 0 fully saturated rings. The molecule has 4 rings (SSSR count). The highest BCUT2D eigenvalue weighted by atomic mass is 16.1. The van der Waals surface area contributed by atoms with Crippen LogP contribution in [-0.4, -0.2) is 16.0 Å². The lowest BCUT2D eigenvalue weighted by atomic mass is 9.70. The van der Waals surface area contributed by atoms with Crippen LogP contribution in [0.25, 0.3) is 6.08 Å². The van der Waals surface area contributed by atoms with E-state index >= 15 is 0 Å². The number of ketones is 1. The largest absolute Gasteiger partial charge is 0.342 e. The molecule has 1 aromatic heterocycles. The lowest BCUT2D eigenvalue weighted by Gasteiger charge is -2.37. The van der Waals surface area contributed by atoms with E-state index in [1.807, 2.05) is 18.2 Å². The van der Waals surface area contributed by atoms with Gasteiger partial charge in [0.1, 0.15) is 0 Å². The summed E-state index contributed by atoms with van der Waals surface area (Å²) < 4.78 is 0. The lowest BCUT2D eigenvalue weighted by molar-refractivity contribution is -0.118. The molecular formula is C23H27N3O. The highest BCUT2D eigenvalue weighted by Gasteiger charge is 2.41. The highest BCUT2D eigenvalue weighted by Crippen LogP contribution is 2.48. The molecule has 0 bridgehead atoms. The summed E-state index contributed by atoms with van der Waals surface area (Å²) in [7, 11) is 0. The van der Waals surface area contributed by atoms with Gasteiger partial charge in [-0.3, -0.25) is 9.89 Å². The first kappa shape index (κ1) is 17.8. The number of aromatic amines is 1. The predicted octanol–water partition coefficient (Wildman–Crippen LogP) is 5.40. The summed E-state index contributed by atoms with van der Waals surface area (Å²) in [6.07, 6.45) is 5.75. The number of rotatable bonds is 3. The number of benzene rings is 1. The van der Waals surface area contributed by atoms with E-state index in [2.05, 4.69) is 67.5 Å². The Kier molecular flexibility index (Phi) is 4.29. The molecule has 2 aromatic rings. The number of carbonyl (C=O) groups is 1. The second-order valence-electron chi connectivity index (χ2n) is 8.76. The van der Waals surface area contributed by atoms with E-state index in [9.17, 15) is 4.79 Å². The molecule has 0 radical (unpaired) electrons. The van der Waals surface area contributed by atoms with Crippen LogP contribution >= 0.6 is 0 Å². The molecule has 4 heteroatoms. The van der Waals surface area contributed by atoms with Crippen LogP contribution in [0.3, 0.4) is 0 Å². The van der Waals surface area contributed by atoms with E-state index in [4.69, 9.17) is 0 Å². The van der Waals surface area contributed by atoms with Crippen molar-refractivity contribution >= 4 is 17.7 Å². The van der Waals surface area contributed by atoms with Gasteiger partial charge in [0.2, 0.25) is 0 Å². The summed E-state index contributed by atoms with van der Waals surface area (Å²) in [5, 5.41) is 11.2. The number of Topliss-reactive ketones (excluding diaryl/α,β-unsaturated/α-hetero) is 1. The summed E-state index contributed by atoms with van der Waals surface area (Å²) >= 11 is 0. The molecule has 1 atom stereocenters. The van der Waals surface area contributed by atoms with Crippen LogP contribution in [-0.2, 0) is 4.79 Å². The molecule has 1 aliphatic heterocycles. The fraction of sp³-hybridized carbons (Fsp3) is 0.391. The fourth-order valence-corrected chi connectivity index (χ4v) is 4.27. The van der Waals surface area contributed by atoms with E-state index in [1.165, 1.54) is 0 Å². The first-order chi connectivity index (χ1) is 12.9. The van der Waals surface area contributed by atoms with Gasteiger partial charge in [0.05, 0.1) is 0 Å². The number of fused-ring (bicyclic) bond motifs is 1. The third-order valence-electron chi connectivity index (χ3n) is 5.50. The molecule has 0 amide bonds. The third kappa shape index (κ3) is 3.25. The molecule has 0 saturated heterocycles. The van der Waals surface area contributed by atoms with Crippen LogP contribution in [0.2, 0.25) is 0 Å². The van der Waals surface area contributed by atoms with Crippen LogP contribution < -0.4 is 5.32 Å². The molecule has 2 heterocycles. The summed E-state index contributed by atoms with van der Waals surface area (Å²) in [6.45, 7) is 8.62. The Morgan fingerprint density at radius 1 is 1.19 bits per heavy atom. The number of aromatic nitrogens is 2. The number of nitrogens with one attached hydrogen (secondary N) is 2. The van der Waals surface area contributed by atoms with Crippen molar-refractivity contribution in [3.63, 3.8) is 0 Å². The number of hydrogen-bond donors (Lipinski definition) is 2. The third-order valence-corrected chi connectivity index (χ3v) is 5.50. The Morgan fingerprint density at radius 2 is 1.93 bits per heavy atom. The average molecular weight is 361 g/mol. The van der Waals surface area contributed by atoms with Crippen molar-refractivity contribution in [1.82, 2.24) is 10.2 Å². The zero-order valence-corrected chi connectivity index (χ0v) is 16.5. The summed E-state index contributed by atoms with van der Waals surface area (Å²) in [5.41, 5.74) is 5.28. The van der Waals surface area contributed by atoms with Crippen molar-refractivity contribution < 1.29 is 4.79 Å². The Hall–Kier alpha value is -2.62. The number of anilines is 1. The van der Waals surface area contributed by atoms with Gasteiger partial charge >= 0.3 is 0 Å². The monoisotopic (exact) mass is 361 g/mol. The molecule has 2 aliphatic rings. The van der Waals surface area contributed by atoms with E-state index in [1.54, 1.807) is 0 Å². The number of carbonyl (C=O) groups excluding carboxylic acids is 1. The average Bonchev–Trinajstić information content (AvgIpc) is 3.02. The predicted molar refractivity (Wildman–Crippen MR) is 110 cm³/mol. The summed E-state index contributed by atoms with van der Waals surface area (Å²) in [6, 6.07) is 10.2. The molecule has 4 nitrogen and oxygen atoms in total. The maximum Gasteiger partial charge on any atom is 0.162 e. The maximum absolute atomic E-state index is 13.1. The highest BCUT2D eigenvalue weighted by molar-refractivity contribution is 6.01. The molecule has 1 aromatic carbocycles. The SMILES string of the molecule is CC(C)c1[nH]nc2c1C(/C=C/c1ccccc1)C1=C(CC(C)(C)CC1=O)N2. The van der Waals surface area contributed by atoms with Crippen molar-refractivity contribution in [3.05, 3.63) is 64.5 Å². The van der Waals surface area contributed by atoms with Crippen molar-refractivity contribution in [2.24, 2.45) is 5.41 Å². The second-order valence-corrected chi connectivity index (χ2v) is 8.76. The fourth-order valence-electron chi connectivity index (χ4n) is 4.27. The quantitative estimate of drug-likeness (QED) is 0.769. The molecule has 140 valence electrons. The van der Waals surface area contributed by atoms with E-state index < -0.39 is 0 Å². The van der Waals surface area contributed by atoms with E-state index in [0.717, 1.165) is 40.3 Å².